The minimum atomic E-state index is 0.178. The zero-order chi connectivity index (χ0) is 23.9. The molecule has 0 saturated heterocycles. The number of aromatic nitrogens is 3. The lowest BCUT2D eigenvalue weighted by Gasteiger charge is -2.33. The lowest BCUT2D eigenvalue weighted by atomic mass is 9.94. The number of carbonyl (C=O) groups excluding carboxylic acids is 1. The number of nitrogens with zero attached hydrogens (tertiary/aromatic N) is 4. The van der Waals surface area contributed by atoms with Crippen LogP contribution in [0.2, 0.25) is 0 Å². The zero-order valence-corrected chi connectivity index (χ0v) is 21.2. The van der Waals surface area contributed by atoms with Gasteiger partial charge in [0.05, 0.1) is 12.4 Å². The number of hydrogen-bond donors (Lipinski definition) is 0. The van der Waals surface area contributed by atoms with Crippen LogP contribution in [0.3, 0.4) is 0 Å². The van der Waals surface area contributed by atoms with Crippen LogP contribution in [0.1, 0.15) is 51.5 Å². The number of benzene rings is 2. The number of rotatable bonds is 9. The maximum atomic E-state index is 13.2. The van der Waals surface area contributed by atoms with E-state index in [1.165, 1.54) is 31.0 Å². The third-order valence-corrected chi connectivity index (χ3v) is 7.23. The summed E-state index contributed by atoms with van der Waals surface area (Å²) in [5.41, 5.74) is 3.10. The fraction of sp³-hybridized carbons (Fsp3) is 0.444. The van der Waals surface area contributed by atoms with E-state index in [-0.39, 0.29) is 5.91 Å². The Labute approximate surface area is 206 Å². The summed E-state index contributed by atoms with van der Waals surface area (Å²) in [4.78, 5) is 15.2. The summed E-state index contributed by atoms with van der Waals surface area (Å²) in [7, 11) is 0. The molecule has 0 unspecified atom stereocenters. The summed E-state index contributed by atoms with van der Waals surface area (Å²) in [6.45, 7) is 7.50. The average Bonchev–Trinajstić information content (AvgIpc) is 3.28. The summed E-state index contributed by atoms with van der Waals surface area (Å²) in [5, 5.41) is 9.75. The van der Waals surface area contributed by atoms with Gasteiger partial charge in [0.15, 0.2) is 11.0 Å². The molecule has 1 heterocycles. The van der Waals surface area contributed by atoms with Crippen LogP contribution in [0.25, 0.3) is 17.1 Å². The van der Waals surface area contributed by atoms with E-state index in [4.69, 9.17) is 4.74 Å². The van der Waals surface area contributed by atoms with Crippen LogP contribution >= 0.6 is 11.8 Å². The maximum Gasteiger partial charge on any atom is 0.233 e. The third kappa shape index (κ3) is 5.63. The van der Waals surface area contributed by atoms with Gasteiger partial charge in [-0.05, 0) is 63.9 Å². The largest absolute Gasteiger partial charge is 0.494 e. The smallest absolute Gasteiger partial charge is 0.233 e. The van der Waals surface area contributed by atoms with Gasteiger partial charge in [-0.1, -0.05) is 54.8 Å². The summed E-state index contributed by atoms with van der Waals surface area (Å²) < 4.78 is 7.66. The van der Waals surface area contributed by atoms with Crippen LogP contribution in [0.15, 0.2) is 53.7 Å². The minimum absolute atomic E-state index is 0.178. The highest BCUT2D eigenvalue weighted by atomic mass is 32.2. The molecule has 180 valence electrons. The molecule has 1 aliphatic rings. The molecule has 0 aliphatic heterocycles. The minimum Gasteiger partial charge on any atom is -0.494 e. The molecule has 0 radical (unpaired) electrons. The Morgan fingerprint density at radius 1 is 1.09 bits per heavy atom. The summed E-state index contributed by atoms with van der Waals surface area (Å²) in [6, 6.07) is 16.6. The summed E-state index contributed by atoms with van der Waals surface area (Å²) >= 11 is 1.46. The molecular formula is C27H34N4O2S. The number of carbonyl (C=O) groups is 1. The Morgan fingerprint density at radius 3 is 2.53 bits per heavy atom. The van der Waals surface area contributed by atoms with Crippen LogP contribution in [0.5, 0.6) is 5.75 Å². The van der Waals surface area contributed by atoms with Crippen molar-refractivity contribution in [2.75, 3.05) is 18.9 Å². The topological polar surface area (TPSA) is 60.2 Å². The fourth-order valence-corrected chi connectivity index (χ4v) is 5.50. The van der Waals surface area contributed by atoms with E-state index < -0.39 is 0 Å². The van der Waals surface area contributed by atoms with Crippen molar-refractivity contribution >= 4 is 17.7 Å². The first-order valence-corrected chi connectivity index (χ1v) is 13.3. The van der Waals surface area contributed by atoms with Gasteiger partial charge >= 0.3 is 0 Å². The SMILES string of the molecule is CCOc1ccc(-n2c(SCC(=O)N(CC)C3CCCCC3)nnc2-c2cccc(C)c2)cc1. The molecule has 0 bridgehead atoms. The number of hydrogen-bond acceptors (Lipinski definition) is 5. The molecule has 34 heavy (non-hydrogen) atoms. The Kier molecular flexibility index (Phi) is 8.27. The molecule has 1 aliphatic carbocycles. The van der Waals surface area contributed by atoms with Gasteiger partial charge in [-0.3, -0.25) is 9.36 Å². The third-order valence-electron chi connectivity index (χ3n) is 6.32. The van der Waals surface area contributed by atoms with Gasteiger partial charge in [0.1, 0.15) is 5.75 Å². The highest BCUT2D eigenvalue weighted by Crippen LogP contribution is 2.30. The molecule has 7 heteroatoms. The molecule has 0 atom stereocenters. The lowest BCUT2D eigenvalue weighted by molar-refractivity contribution is -0.131. The standard InChI is InChI=1S/C27H34N4O2S/c1-4-30(22-12-7-6-8-13-22)25(32)19-34-27-29-28-26(21-11-9-10-20(3)18-21)31(27)23-14-16-24(17-15-23)33-5-2/h9-11,14-18,22H,4-8,12-13,19H2,1-3H3. The van der Waals surface area contributed by atoms with Crippen molar-refractivity contribution in [1.82, 2.24) is 19.7 Å². The highest BCUT2D eigenvalue weighted by Gasteiger charge is 2.25. The average molecular weight is 479 g/mol. The van der Waals surface area contributed by atoms with Crippen molar-refractivity contribution in [2.24, 2.45) is 0 Å². The Balaban J connectivity index is 1.61. The number of aryl methyl sites for hydroxylation is 1. The van der Waals surface area contributed by atoms with E-state index in [1.54, 1.807) is 0 Å². The summed E-state index contributed by atoms with van der Waals surface area (Å²) in [6.07, 6.45) is 5.94. The van der Waals surface area contributed by atoms with Crippen molar-refractivity contribution in [1.29, 1.82) is 0 Å². The normalized spacial score (nSPS) is 14.2. The predicted octanol–water partition coefficient (Wildman–Crippen LogP) is 5.91. The van der Waals surface area contributed by atoms with Crippen molar-refractivity contribution in [2.45, 2.75) is 64.1 Å². The molecule has 0 N–H and O–H groups in total. The Morgan fingerprint density at radius 2 is 1.85 bits per heavy atom. The molecule has 1 saturated carbocycles. The monoisotopic (exact) mass is 478 g/mol. The lowest BCUT2D eigenvalue weighted by Crippen LogP contribution is -2.42. The molecule has 1 amide bonds. The van der Waals surface area contributed by atoms with E-state index in [0.29, 0.717) is 23.6 Å². The van der Waals surface area contributed by atoms with E-state index in [2.05, 4.69) is 41.1 Å². The second-order valence-corrected chi connectivity index (χ2v) is 9.64. The van der Waals surface area contributed by atoms with E-state index in [9.17, 15) is 4.79 Å². The molecular weight excluding hydrogens is 444 g/mol. The summed E-state index contributed by atoms with van der Waals surface area (Å²) in [5.74, 6) is 2.12. The van der Waals surface area contributed by atoms with E-state index >= 15 is 0 Å². The van der Waals surface area contributed by atoms with Crippen LogP contribution in [0.4, 0.5) is 0 Å². The molecule has 6 nitrogen and oxygen atoms in total. The first-order chi connectivity index (χ1) is 16.6. The van der Waals surface area contributed by atoms with Gasteiger partial charge in [-0.15, -0.1) is 10.2 Å². The molecule has 2 aromatic carbocycles. The molecule has 4 rings (SSSR count). The van der Waals surface area contributed by atoms with Crippen LogP contribution in [0, 0.1) is 6.92 Å². The van der Waals surface area contributed by atoms with Gasteiger partial charge in [-0.25, -0.2) is 0 Å². The van der Waals surface area contributed by atoms with Crippen molar-refractivity contribution in [3.05, 3.63) is 54.1 Å². The second kappa shape index (κ2) is 11.6. The second-order valence-electron chi connectivity index (χ2n) is 8.70. The number of ether oxygens (including phenoxy) is 1. The fourth-order valence-electron chi connectivity index (χ4n) is 4.67. The Hall–Kier alpha value is -2.80. The molecule has 3 aromatic rings. The van der Waals surface area contributed by atoms with Crippen LogP contribution < -0.4 is 4.74 Å². The van der Waals surface area contributed by atoms with Crippen molar-refractivity contribution in [3.8, 4) is 22.8 Å². The zero-order valence-electron chi connectivity index (χ0n) is 20.4. The Bertz CT molecular complexity index is 1090. The van der Waals surface area contributed by atoms with Gasteiger partial charge in [0.2, 0.25) is 5.91 Å². The van der Waals surface area contributed by atoms with Crippen molar-refractivity contribution < 1.29 is 9.53 Å². The quantitative estimate of drug-likeness (QED) is 0.358. The highest BCUT2D eigenvalue weighted by molar-refractivity contribution is 7.99. The maximum absolute atomic E-state index is 13.2. The van der Waals surface area contributed by atoms with Gasteiger partial charge in [0.25, 0.3) is 0 Å². The first kappa shape index (κ1) is 24.3. The van der Waals surface area contributed by atoms with Crippen LogP contribution in [-0.2, 0) is 4.79 Å². The number of thioether (sulfide) groups is 1. The first-order valence-electron chi connectivity index (χ1n) is 12.3. The number of amides is 1. The van der Waals surface area contributed by atoms with Gasteiger partial charge in [-0.2, -0.15) is 0 Å². The van der Waals surface area contributed by atoms with E-state index in [0.717, 1.165) is 47.8 Å². The molecule has 0 spiro atoms. The van der Waals surface area contributed by atoms with Crippen LogP contribution in [-0.4, -0.2) is 50.5 Å². The van der Waals surface area contributed by atoms with Gasteiger partial charge in [0, 0.05) is 23.8 Å². The predicted molar refractivity (Wildman–Crippen MR) is 138 cm³/mol. The molecule has 1 aromatic heterocycles. The van der Waals surface area contributed by atoms with Gasteiger partial charge < -0.3 is 9.64 Å². The van der Waals surface area contributed by atoms with Crippen molar-refractivity contribution in [3.63, 3.8) is 0 Å². The molecule has 1 fully saturated rings. The van der Waals surface area contributed by atoms with E-state index in [1.807, 2.05) is 47.9 Å².